The number of hydrogen-bond donors (Lipinski definition) is 1. The van der Waals surface area contributed by atoms with Crippen molar-refractivity contribution in [2.24, 2.45) is 0 Å². The molecule has 0 aliphatic carbocycles. The molecular weight excluding hydrogens is 282 g/mol. The average molecular weight is 296 g/mol. The van der Waals surface area contributed by atoms with Crippen LogP contribution in [0.1, 0.15) is 19.0 Å². The van der Waals surface area contributed by atoms with E-state index in [1.165, 1.54) is 18.4 Å². The predicted molar refractivity (Wildman–Crippen MR) is 75.6 cm³/mol. The number of halogens is 1. The molecule has 6 nitrogen and oxygen atoms in total. The molecule has 20 heavy (non-hydrogen) atoms. The smallest absolute Gasteiger partial charge is 0.271 e. The van der Waals surface area contributed by atoms with E-state index in [1.54, 1.807) is 6.07 Å². The van der Waals surface area contributed by atoms with Gasteiger partial charge < -0.3 is 9.73 Å². The van der Waals surface area contributed by atoms with Gasteiger partial charge in [0.2, 0.25) is 5.89 Å². The molecule has 0 unspecified atom stereocenters. The summed E-state index contributed by atoms with van der Waals surface area (Å²) in [6.45, 7) is 3.57. The molecule has 0 spiro atoms. The summed E-state index contributed by atoms with van der Waals surface area (Å²) in [5.74, 6) is 0.323. The van der Waals surface area contributed by atoms with Crippen LogP contribution in [0.4, 0.5) is 5.69 Å². The van der Waals surface area contributed by atoms with Crippen LogP contribution >= 0.6 is 11.6 Å². The number of nitro groups is 1. The van der Waals surface area contributed by atoms with Crippen molar-refractivity contribution in [3.05, 3.63) is 45.3 Å². The van der Waals surface area contributed by atoms with Crippen LogP contribution < -0.4 is 5.32 Å². The average Bonchev–Trinajstić information content (AvgIpc) is 2.87. The van der Waals surface area contributed by atoms with Crippen molar-refractivity contribution in [3.8, 4) is 11.5 Å². The lowest BCUT2D eigenvalue weighted by atomic mass is 10.2. The Morgan fingerprint density at radius 2 is 2.25 bits per heavy atom. The molecule has 0 bridgehead atoms. The number of rotatable bonds is 6. The van der Waals surface area contributed by atoms with Crippen molar-refractivity contribution >= 4 is 17.3 Å². The quantitative estimate of drug-likeness (QED) is 0.502. The molecule has 0 saturated heterocycles. The summed E-state index contributed by atoms with van der Waals surface area (Å²) in [4.78, 5) is 14.6. The molecule has 1 N–H and O–H groups in total. The monoisotopic (exact) mass is 295 g/mol. The predicted octanol–water partition coefficient (Wildman–Crippen LogP) is 3.40. The molecule has 0 aliphatic heterocycles. The van der Waals surface area contributed by atoms with E-state index in [0.29, 0.717) is 18.0 Å². The second kappa shape index (κ2) is 6.49. The third-order valence-corrected chi connectivity index (χ3v) is 2.84. The standard InChI is InChI=1S/C13H14ClN3O3/c1-2-3-15-7-11-8-20-13(16-11)9-4-10(14)6-12(5-9)17(18)19/h4-6,8,15H,2-3,7H2,1H3. The van der Waals surface area contributed by atoms with Gasteiger partial charge in [0.15, 0.2) is 0 Å². The lowest BCUT2D eigenvalue weighted by molar-refractivity contribution is -0.384. The first-order valence-electron chi connectivity index (χ1n) is 6.20. The molecule has 1 aromatic heterocycles. The Labute approximate surface area is 120 Å². The van der Waals surface area contributed by atoms with E-state index in [9.17, 15) is 10.1 Å². The minimum atomic E-state index is -0.498. The van der Waals surface area contributed by atoms with E-state index >= 15 is 0 Å². The van der Waals surface area contributed by atoms with E-state index in [-0.39, 0.29) is 10.7 Å². The summed E-state index contributed by atoms with van der Waals surface area (Å²) in [5.41, 5.74) is 1.15. The summed E-state index contributed by atoms with van der Waals surface area (Å²) in [7, 11) is 0. The molecule has 0 radical (unpaired) electrons. The van der Waals surface area contributed by atoms with E-state index < -0.39 is 4.92 Å². The minimum absolute atomic E-state index is 0.0867. The molecule has 0 aliphatic rings. The van der Waals surface area contributed by atoms with Gasteiger partial charge >= 0.3 is 0 Å². The van der Waals surface area contributed by atoms with Crippen LogP contribution in [0.3, 0.4) is 0 Å². The Bertz CT molecular complexity index is 613. The van der Waals surface area contributed by atoms with E-state index in [0.717, 1.165) is 18.7 Å². The largest absolute Gasteiger partial charge is 0.444 e. The van der Waals surface area contributed by atoms with Gasteiger partial charge in [0, 0.05) is 29.3 Å². The molecule has 0 atom stereocenters. The Hall–Kier alpha value is -1.92. The van der Waals surface area contributed by atoms with E-state index in [2.05, 4.69) is 17.2 Å². The lowest BCUT2D eigenvalue weighted by Gasteiger charge is -1.98. The van der Waals surface area contributed by atoms with Gasteiger partial charge in [-0.1, -0.05) is 18.5 Å². The second-order valence-corrected chi connectivity index (χ2v) is 4.71. The fraction of sp³-hybridized carbons (Fsp3) is 0.308. The molecule has 0 saturated carbocycles. The summed E-state index contributed by atoms with van der Waals surface area (Å²) in [6, 6.07) is 4.27. The highest BCUT2D eigenvalue weighted by Crippen LogP contribution is 2.27. The van der Waals surface area contributed by atoms with Crippen LogP contribution in [0, 0.1) is 10.1 Å². The Kier molecular flexibility index (Phi) is 4.70. The molecule has 0 amide bonds. The van der Waals surface area contributed by atoms with Gasteiger partial charge in [0.25, 0.3) is 5.69 Å². The summed E-state index contributed by atoms with van der Waals surface area (Å²) in [5, 5.41) is 14.3. The van der Waals surface area contributed by atoms with Crippen molar-refractivity contribution in [1.29, 1.82) is 0 Å². The van der Waals surface area contributed by atoms with Gasteiger partial charge in [-0.05, 0) is 19.0 Å². The highest BCUT2D eigenvalue weighted by Gasteiger charge is 2.13. The first-order chi connectivity index (χ1) is 9.60. The zero-order valence-electron chi connectivity index (χ0n) is 10.9. The summed E-state index contributed by atoms with van der Waals surface area (Å²) < 4.78 is 5.34. The van der Waals surface area contributed by atoms with E-state index in [1.807, 2.05) is 0 Å². The highest BCUT2D eigenvalue weighted by molar-refractivity contribution is 6.31. The minimum Gasteiger partial charge on any atom is -0.444 e. The van der Waals surface area contributed by atoms with Gasteiger partial charge in [-0.15, -0.1) is 0 Å². The molecule has 1 aromatic carbocycles. The fourth-order valence-corrected chi connectivity index (χ4v) is 1.95. The first-order valence-corrected chi connectivity index (χ1v) is 6.58. The Balaban J connectivity index is 2.21. The normalized spacial score (nSPS) is 10.7. The van der Waals surface area contributed by atoms with Gasteiger partial charge in [0.1, 0.15) is 6.26 Å². The SMILES string of the molecule is CCCNCc1coc(-c2cc(Cl)cc([N+](=O)[O-])c2)n1. The summed E-state index contributed by atoms with van der Waals surface area (Å²) >= 11 is 5.87. The number of nitro benzene ring substituents is 1. The number of non-ortho nitro benzene ring substituents is 1. The van der Waals surface area contributed by atoms with E-state index in [4.69, 9.17) is 16.0 Å². The molecule has 0 fully saturated rings. The van der Waals surface area contributed by atoms with Crippen LogP contribution in [0.25, 0.3) is 11.5 Å². The molecule has 106 valence electrons. The highest BCUT2D eigenvalue weighted by atomic mass is 35.5. The maximum absolute atomic E-state index is 10.8. The Morgan fingerprint density at radius 3 is 2.95 bits per heavy atom. The van der Waals surface area contributed by atoms with Gasteiger partial charge in [-0.2, -0.15) is 0 Å². The van der Waals surface area contributed by atoms with Crippen LogP contribution in [0.2, 0.25) is 5.02 Å². The number of nitrogens with zero attached hydrogens (tertiary/aromatic N) is 2. The zero-order valence-corrected chi connectivity index (χ0v) is 11.7. The van der Waals surface area contributed by atoms with Gasteiger partial charge in [0.05, 0.1) is 10.6 Å². The molecule has 7 heteroatoms. The number of nitrogens with one attached hydrogen (secondary N) is 1. The van der Waals surface area contributed by atoms with Crippen LogP contribution in [0.15, 0.2) is 28.9 Å². The maximum Gasteiger partial charge on any atom is 0.271 e. The lowest BCUT2D eigenvalue weighted by Crippen LogP contribution is -2.13. The number of benzene rings is 1. The second-order valence-electron chi connectivity index (χ2n) is 4.28. The number of aromatic nitrogens is 1. The maximum atomic E-state index is 10.8. The fourth-order valence-electron chi connectivity index (χ4n) is 1.72. The van der Waals surface area contributed by atoms with Crippen molar-refractivity contribution < 1.29 is 9.34 Å². The van der Waals surface area contributed by atoms with Crippen molar-refractivity contribution in [2.45, 2.75) is 19.9 Å². The first kappa shape index (κ1) is 14.5. The third-order valence-electron chi connectivity index (χ3n) is 2.62. The number of hydrogen-bond acceptors (Lipinski definition) is 5. The van der Waals surface area contributed by atoms with Crippen LogP contribution in [0.5, 0.6) is 0 Å². The number of oxazole rings is 1. The third kappa shape index (κ3) is 3.55. The zero-order chi connectivity index (χ0) is 14.5. The molecule has 2 aromatic rings. The Morgan fingerprint density at radius 1 is 1.45 bits per heavy atom. The van der Waals surface area contributed by atoms with Gasteiger partial charge in [-0.3, -0.25) is 10.1 Å². The van der Waals surface area contributed by atoms with Crippen molar-refractivity contribution in [3.63, 3.8) is 0 Å². The summed E-state index contributed by atoms with van der Waals surface area (Å²) in [6.07, 6.45) is 2.57. The van der Waals surface area contributed by atoms with Crippen molar-refractivity contribution in [1.82, 2.24) is 10.3 Å². The molecule has 1 heterocycles. The van der Waals surface area contributed by atoms with Crippen LogP contribution in [-0.2, 0) is 6.54 Å². The topological polar surface area (TPSA) is 81.2 Å². The van der Waals surface area contributed by atoms with Crippen LogP contribution in [-0.4, -0.2) is 16.5 Å². The van der Waals surface area contributed by atoms with Crippen molar-refractivity contribution in [2.75, 3.05) is 6.54 Å². The van der Waals surface area contributed by atoms with Gasteiger partial charge in [-0.25, -0.2) is 4.98 Å². The molecular formula is C13H14ClN3O3. The molecule has 2 rings (SSSR count).